The highest BCUT2D eigenvalue weighted by molar-refractivity contribution is 5.91. The summed E-state index contributed by atoms with van der Waals surface area (Å²) in [5.41, 5.74) is 3.63. The number of carbonyl (C=O) groups excluding carboxylic acids is 1. The van der Waals surface area contributed by atoms with Crippen LogP contribution in [-0.4, -0.2) is 25.8 Å². The van der Waals surface area contributed by atoms with Crippen molar-refractivity contribution in [3.63, 3.8) is 0 Å². The molecule has 0 radical (unpaired) electrons. The highest BCUT2D eigenvalue weighted by atomic mass is 19.4. The molecule has 0 aromatic heterocycles. The lowest BCUT2D eigenvalue weighted by molar-refractivity contribution is -0.153. The molecule has 0 unspecified atom stereocenters. The lowest BCUT2D eigenvalue weighted by Gasteiger charge is -2.14. The third-order valence-corrected chi connectivity index (χ3v) is 5.19. The van der Waals surface area contributed by atoms with Gasteiger partial charge in [0.2, 0.25) is 5.91 Å². The van der Waals surface area contributed by atoms with Gasteiger partial charge in [-0.3, -0.25) is 4.79 Å². The van der Waals surface area contributed by atoms with E-state index in [2.05, 4.69) is 11.4 Å². The molecule has 0 saturated heterocycles. The molecule has 0 spiro atoms. The van der Waals surface area contributed by atoms with Gasteiger partial charge in [0.15, 0.2) is 18.1 Å². The highest BCUT2D eigenvalue weighted by Crippen LogP contribution is 2.30. The number of hydrogen-bond donors (Lipinski definition) is 1. The van der Waals surface area contributed by atoms with E-state index >= 15 is 0 Å². The van der Waals surface area contributed by atoms with E-state index in [1.165, 1.54) is 13.2 Å². The van der Waals surface area contributed by atoms with Gasteiger partial charge in [-0.2, -0.15) is 18.4 Å². The number of aryl methyl sites for hydroxylation is 2. The van der Waals surface area contributed by atoms with Crippen LogP contribution in [-0.2, 0) is 17.8 Å². The molecule has 1 amide bonds. The van der Waals surface area contributed by atoms with Gasteiger partial charge in [-0.1, -0.05) is 18.2 Å². The molecule has 9 heteroatoms. The second-order valence-electron chi connectivity index (χ2n) is 8.01. The second kappa shape index (κ2) is 12.0. The molecule has 3 rings (SSSR count). The normalized spacial score (nSPS) is 10.9. The minimum atomic E-state index is -4.45. The number of carbonyl (C=O) groups is 1. The maximum atomic E-state index is 12.5. The zero-order valence-electron chi connectivity index (χ0n) is 19.8. The van der Waals surface area contributed by atoms with Crippen LogP contribution in [0.1, 0.15) is 28.7 Å². The summed E-state index contributed by atoms with van der Waals surface area (Å²) in [5.74, 6) is 0.575. The van der Waals surface area contributed by atoms with Crippen molar-refractivity contribution in [3.05, 3.63) is 82.9 Å². The van der Waals surface area contributed by atoms with Gasteiger partial charge in [-0.05, 0) is 72.5 Å². The standard InChI is InChI=1S/C27H25F3N2O4/c1-18-12-22(35-16-21-5-3-4-20(13-21)15-31)8-9-23(18)32-26(33)11-7-19-6-10-24(25(14-19)34-2)36-17-27(28,29)30/h3-6,8-10,12-14H,7,11,16-17H2,1-2H3,(H,32,33). The second-order valence-corrected chi connectivity index (χ2v) is 8.01. The van der Waals surface area contributed by atoms with Crippen molar-refractivity contribution in [1.82, 2.24) is 0 Å². The number of hydrogen-bond acceptors (Lipinski definition) is 5. The van der Waals surface area contributed by atoms with Crippen LogP contribution in [0.15, 0.2) is 60.7 Å². The Balaban J connectivity index is 1.53. The Labute approximate surface area is 207 Å². The van der Waals surface area contributed by atoms with Crippen molar-refractivity contribution in [2.24, 2.45) is 0 Å². The molecule has 0 heterocycles. The van der Waals surface area contributed by atoms with Gasteiger partial charge >= 0.3 is 6.18 Å². The largest absolute Gasteiger partial charge is 0.493 e. The fourth-order valence-electron chi connectivity index (χ4n) is 3.38. The third-order valence-electron chi connectivity index (χ3n) is 5.19. The van der Waals surface area contributed by atoms with Crippen LogP contribution in [0.3, 0.4) is 0 Å². The first-order chi connectivity index (χ1) is 17.2. The number of methoxy groups -OCH3 is 1. The van der Waals surface area contributed by atoms with Crippen LogP contribution >= 0.6 is 0 Å². The van der Waals surface area contributed by atoms with Crippen LogP contribution in [0.4, 0.5) is 18.9 Å². The van der Waals surface area contributed by atoms with Crippen molar-refractivity contribution < 1.29 is 32.2 Å². The quantitative estimate of drug-likeness (QED) is 0.373. The number of ether oxygens (including phenoxy) is 3. The number of nitrogens with one attached hydrogen (secondary N) is 1. The lowest BCUT2D eigenvalue weighted by atomic mass is 10.1. The van der Waals surface area contributed by atoms with E-state index in [9.17, 15) is 18.0 Å². The van der Waals surface area contributed by atoms with Gasteiger partial charge < -0.3 is 19.5 Å². The minimum absolute atomic E-state index is 0.0151. The summed E-state index contributed by atoms with van der Waals surface area (Å²) in [4.78, 5) is 12.5. The highest BCUT2D eigenvalue weighted by Gasteiger charge is 2.29. The molecule has 0 aliphatic rings. The molecule has 188 valence electrons. The molecular weight excluding hydrogens is 473 g/mol. The Hall–Kier alpha value is -4.19. The van der Waals surface area contributed by atoms with E-state index in [0.29, 0.717) is 30.0 Å². The Morgan fingerprint density at radius 1 is 1.00 bits per heavy atom. The smallest absolute Gasteiger partial charge is 0.422 e. The number of halogens is 3. The molecule has 0 aliphatic heterocycles. The zero-order valence-corrected chi connectivity index (χ0v) is 19.8. The Kier molecular flexibility index (Phi) is 8.79. The number of anilines is 1. The van der Waals surface area contributed by atoms with E-state index in [4.69, 9.17) is 19.5 Å². The van der Waals surface area contributed by atoms with Crippen LogP contribution < -0.4 is 19.5 Å². The molecule has 0 saturated carbocycles. The van der Waals surface area contributed by atoms with Crippen molar-refractivity contribution in [1.29, 1.82) is 5.26 Å². The molecule has 36 heavy (non-hydrogen) atoms. The number of alkyl halides is 3. The summed E-state index contributed by atoms with van der Waals surface area (Å²) < 4.78 is 52.9. The van der Waals surface area contributed by atoms with Crippen LogP contribution in [0, 0.1) is 18.3 Å². The number of amides is 1. The van der Waals surface area contributed by atoms with Gasteiger partial charge in [-0.15, -0.1) is 0 Å². The Morgan fingerprint density at radius 3 is 2.50 bits per heavy atom. The first-order valence-electron chi connectivity index (χ1n) is 11.1. The summed E-state index contributed by atoms with van der Waals surface area (Å²) in [6.07, 6.45) is -3.92. The molecule has 1 N–H and O–H groups in total. The van der Waals surface area contributed by atoms with Crippen LogP contribution in [0.25, 0.3) is 0 Å². The summed E-state index contributed by atoms with van der Waals surface area (Å²) in [6, 6.07) is 19.1. The van der Waals surface area contributed by atoms with Crippen molar-refractivity contribution in [2.75, 3.05) is 19.0 Å². The summed E-state index contributed by atoms with van der Waals surface area (Å²) >= 11 is 0. The van der Waals surface area contributed by atoms with Gasteiger partial charge in [-0.25, -0.2) is 0 Å². The average molecular weight is 499 g/mol. The zero-order chi connectivity index (χ0) is 26.1. The van der Waals surface area contributed by atoms with Gasteiger partial charge in [0.25, 0.3) is 0 Å². The van der Waals surface area contributed by atoms with E-state index in [1.54, 1.807) is 42.5 Å². The summed E-state index contributed by atoms with van der Waals surface area (Å²) in [5, 5.41) is 11.9. The minimum Gasteiger partial charge on any atom is -0.493 e. The topological polar surface area (TPSA) is 80.6 Å². The van der Waals surface area contributed by atoms with Gasteiger partial charge in [0.05, 0.1) is 18.7 Å². The number of rotatable bonds is 10. The first kappa shape index (κ1) is 26.4. The van der Waals surface area contributed by atoms with E-state index in [-0.39, 0.29) is 23.8 Å². The van der Waals surface area contributed by atoms with Crippen molar-refractivity contribution in [2.45, 2.75) is 32.5 Å². The Bertz CT molecular complexity index is 1250. The molecule has 0 atom stereocenters. The summed E-state index contributed by atoms with van der Waals surface area (Å²) in [7, 11) is 1.34. The first-order valence-corrected chi connectivity index (χ1v) is 11.1. The summed E-state index contributed by atoms with van der Waals surface area (Å²) in [6.45, 7) is 0.746. The molecule has 6 nitrogen and oxygen atoms in total. The maximum Gasteiger partial charge on any atom is 0.422 e. The fraction of sp³-hybridized carbons (Fsp3) is 0.259. The maximum absolute atomic E-state index is 12.5. The Morgan fingerprint density at radius 2 is 1.81 bits per heavy atom. The van der Waals surface area contributed by atoms with E-state index < -0.39 is 12.8 Å². The number of benzene rings is 3. The molecule has 0 aliphatic carbocycles. The predicted molar refractivity (Wildman–Crippen MR) is 128 cm³/mol. The van der Waals surface area contributed by atoms with Crippen molar-refractivity contribution in [3.8, 4) is 23.3 Å². The van der Waals surface area contributed by atoms with Crippen LogP contribution in [0.5, 0.6) is 17.2 Å². The average Bonchev–Trinajstić information content (AvgIpc) is 2.86. The molecule has 3 aromatic carbocycles. The molecule has 0 fully saturated rings. The number of nitrogens with zero attached hydrogens (tertiary/aromatic N) is 1. The van der Waals surface area contributed by atoms with Gasteiger partial charge in [0, 0.05) is 12.1 Å². The predicted octanol–water partition coefficient (Wildman–Crippen LogP) is 5.97. The van der Waals surface area contributed by atoms with Crippen molar-refractivity contribution >= 4 is 11.6 Å². The molecule has 3 aromatic rings. The lowest BCUT2D eigenvalue weighted by Crippen LogP contribution is -2.19. The third kappa shape index (κ3) is 7.94. The van der Waals surface area contributed by atoms with E-state index in [1.807, 2.05) is 19.1 Å². The SMILES string of the molecule is COc1cc(CCC(=O)Nc2ccc(OCc3cccc(C#N)c3)cc2C)ccc1OCC(F)(F)F. The van der Waals surface area contributed by atoms with Gasteiger partial charge in [0.1, 0.15) is 12.4 Å². The fourth-order valence-corrected chi connectivity index (χ4v) is 3.38. The monoisotopic (exact) mass is 498 g/mol. The molecular formula is C27H25F3N2O4. The van der Waals surface area contributed by atoms with E-state index in [0.717, 1.165) is 16.7 Å². The molecule has 0 bridgehead atoms. The number of nitriles is 1. The van der Waals surface area contributed by atoms with Crippen LogP contribution in [0.2, 0.25) is 0 Å².